The van der Waals surface area contributed by atoms with E-state index in [0.717, 1.165) is 47.4 Å². The van der Waals surface area contributed by atoms with Crippen molar-refractivity contribution in [2.75, 3.05) is 25.5 Å². The summed E-state index contributed by atoms with van der Waals surface area (Å²) in [6.07, 6.45) is 7.07. The fourth-order valence-corrected chi connectivity index (χ4v) is 5.67. The highest BCUT2D eigenvalue weighted by atomic mass is 32.1. The molecule has 11 heteroatoms. The zero-order valence-corrected chi connectivity index (χ0v) is 22.8. The third kappa shape index (κ3) is 5.44. The number of piperidine rings is 1. The van der Waals surface area contributed by atoms with Crippen LogP contribution in [0.3, 0.4) is 0 Å². The fourth-order valence-electron chi connectivity index (χ4n) is 4.88. The van der Waals surface area contributed by atoms with Gasteiger partial charge in [-0.15, -0.1) is 11.3 Å². The van der Waals surface area contributed by atoms with Crippen molar-refractivity contribution >= 4 is 33.8 Å². The Kier molecular flexibility index (Phi) is 6.90. The molecule has 4 heterocycles. The van der Waals surface area contributed by atoms with E-state index in [1.54, 1.807) is 35.2 Å². The van der Waals surface area contributed by atoms with Gasteiger partial charge in [0.15, 0.2) is 5.82 Å². The van der Waals surface area contributed by atoms with Gasteiger partial charge in [0.25, 0.3) is 5.91 Å². The van der Waals surface area contributed by atoms with Crippen LogP contribution in [-0.2, 0) is 4.79 Å². The van der Waals surface area contributed by atoms with Crippen LogP contribution >= 0.6 is 11.3 Å². The summed E-state index contributed by atoms with van der Waals surface area (Å²) in [5.74, 6) is 2.01. The van der Waals surface area contributed by atoms with Gasteiger partial charge in [0.1, 0.15) is 22.1 Å². The number of hydrogen-bond donors (Lipinski definition) is 2. The topological polar surface area (TPSA) is 114 Å². The maximum absolute atomic E-state index is 13.6. The number of anilines is 1. The smallest absolute Gasteiger partial charge is 0.272 e. The highest BCUT2D eigenvalue weighted by molar-refractivity contribution is 7.16. The summed E-state index contributed by atoms with van der Waals surface area (Å²) in [5.41, 5.74) is 2.17. The predicted molar refractivity (Wildman–Crippen MR) is 149 cm³/mol. The Bertz CT molecular complexity index is 1490. The highest BCUT2D eigenvalue weighted by Crippen LogP contribution is 2.30. The molecule has 1 atom stereocenters. The molecule has 0 unspecified atom stereocenters. The van der Waals surface area contributed by atoms with Gasteiger partial charge in [0.2, 0.25) is 5.91 Å². The summed E-state index contributed by atoms with van der Waals surface area (Å²) >= 11 is 1.55. The molecule has 2 aliphatic rings. The van der Waals surface area contributed by atoms with Gasteiger partial charge in [-0.3, -0.25) is 9.59 Å². The number of carbonyl (C=O) groups excluding carboxylic acids is 2. The summed E-state index contributed by atoms with van der Waals surface area (Å²) in [6.45, 7) is 3.19. The molecule has 0 spiro atoms. The molecule has 2 fully saturated rings. The van der Waals surface area contributed by atoms with Crippen LogP contribution in [0.1, 0.15) is 54.7 Å². The van der Waals surface area contributed by atoms with Crippen molar-refractivity contribution in [3.8, 4) is 17.1 Å². The summed E-state index contributed by atoms with van der Waals surface area (Å²) in [5, 5.41) is 13.0. The van der Waals surface area contributed by atoms with E-state index < -0.39 is 0 Å². The molecule has 0 radical (unpaired) electrons. The van der Waals surface area contributed by atoms with Crippen molar-refractivity contribution in [3.05, 3.63) is 59.4 Å². The molecule has 39 heavy (non-hydrogen) atoms. The average Bonchev–Trinajstić information content (AvgIpc) is 3.59. The third-order valence-electron chi connectivity index (χ3n) is 7.37. The van der Waals surface area contributed by atoms with E-state index in [4.69, 9.17) is 14.7 Å². The maximum Gasteiger partial charge on any atom is 0.272 e. The summed E-state index contributed by atoms with van der Waals surface area (Å²) in [7, 11) is 1.64. The number of thiazole rings is 1. The lowest BCUT2D eigenvalue weighted by atomic mass is 10.0. The van der Waals surface area contributed by atoms with E-state index >= 15 is 0 Å². The Morgan fingerprint density at radius 2 is 1.87 bits per heavy atom. The van der Waals surface area contributed by atoms with Crippen LogP contribution < -0.4 is 15.4 Å². The number of nitrogens with one attached hydrogen (secondary N) is 2. The van der Waals surface area contributed by atoms with Gasteiger partial charge in [-0.25, -0.2) is 14.5 Å². The molecule has 1 aliphatic carbocycles. The van der Waals surface area contributed by atoms with Crippen LogP contribution in [-0.4, -0.2) is 62.5 Å². The molecule has 4 aromatic rings. The standard InChI is InChI=1S/C28H31N7O3S/c1-17(18-5-7-21(38-2)8-6-18)30-24-15-23(32-25(33-24)22-16-29-35-13-14-39-28(22)35)27(37)34-11-9-20(10-12-34)31-26(36)19-3-4-19/h5-8,13-17,19-20H,3-4,9-12H2,1-2H3,(H,31,36)(H,30,32,33)/t17-/m1/s1. The van der Waals surface area contributed by atoms with Gasteiger partial charge in [-0.1, -0.05) is 12.1 Å². The molecular weight excluding hydrogens is 514 g/mol. The highest BCUT2D eigenvalue weighted by Gasteiger charge is 2.32. The van der Waals surface area contributed by atoms with Crippen molar-refractivity contribution in [1.82, 2.24) is 29.8 Å². The number of methoxy groups -OCH3 is 1. The first kappa shape index (κ1) is 25.3. The second-order valence-corrected chi connectivity index (χ2v) is 11.1. The lowest BCUT2D eigenvalue weighted by molar-refractivity contribution is -0.123. The minimum Gasteiger partial charge on any atom is -0.497 e. The molecule has 1 saturated heterocycles. The van der Waals surface area contributed by atoms with Crippen molar-refractivity contribution in [1.29, 1.82) is 0 Å². The van der Waals surface area contributed by atoms with Crippen LogP contribution in [0.15, 0.2) is 48.1 Å². The number of carbonyl (C=O) groups is 2. The number of rotatable bonds is 8. The Balaban J connectivity index is 1.24. The quantitative estimate of drug-likeness (QED) is 0.342. The molecule has 3 aromatic heterocycles. The van der Waals surface area contributed by atoms with Crippen LogP contribution in [0.5, 0.6) is 5.75 Å². The number of aromatic nitrogens is 4. The van der Waals surface area contributed by atoms with Crippen molar-refractivity contribution in [2.24, 2.45) is 5.92 Å². The molecule has 6 rings (SSSR count). The predicted octanol–water partition coefficient (Wildman–Crippen LogP) is 4.17. The van der Waals surface area contributed by atoms with Crippen molar-refractivity contribution in [2.45, 2.75) is 44.7 Å². The number of amides is 2. The number of benzene rings is 1. The van der Waals surface area contributed by atoms with Crippen LogP contribution in [0.2, 0.25) is 0 Å². The zero-order valence-electron chi connectivity index (χ0n) is 22.0. The first-order valence-corrected chi connectivity index (χ1v) is 14.2. The summed E-state index contributed by atoms with van der Waals surface area (Å²) in [4.78, 5) is 38.0. The maximum atomic E-state index is 13.6. The first-order chi connectivity index (χ1) is 19.0. The SMILES string of the molecule is COc1ccc([C@@H](C)Nc2cc(C(=O)N3CCC(NC(=O)C4CC4)CC3)nc(-c3cnn4ccsc34)n2)cc1. The summed E-state index contributed by atoms with van der Waals surface area (Å²) < 4.78 is 7.06. The minimum absolute atomic E-state index is 0.0682. The number of ether oxygens (including phenoxy) is 1. The molecular formula is C28H31N7O3S. The monoisotopic (exact) mass is 545 g/mol. The van der Waals surface area contributed by atoms with Gasteiger partial charge in [0.05, 0.1) is 18.9 Å². The van der Waals surface area contributed by atoms with Crippen molar-refractivity contribution < 1.29 is 14.3 Å². The van der Waals surface area contributed by atoms with E-state index in [2.05, 4.69) is 15.7 Å². The number of fused-ring (bicyclic) bond motifs is 1. The number of nitrogens with zero attached hydrogens (tertiary/aromatic N) is 5. The van der Waals surface area contributed by atoms with Gasteiger partial charge in [0, 0.05) is 48.7 Å². The second kappa shape index (κ2) is 10.6. The molecule has 10 nitrogen and oxygen atoms in total. The zero-order chi connectivity index (χ0) is 26.9. The van der Waals surface area contributed by atoms with Crippen molar-refractivity contribution in [3.63, 3.8) is 0 Å². The normalized spacial score (nSPS) is 16.7. The van der Waals surface area contributed by atoms with E-state index in [9.17, 15) is 9.59 Å². The lowest BCUT2D eigenvalue weighted by Crippen LogP contribution is -2.47. The fraction of sp³-hybridized carbons (Fsp3) is 0.393. The molecule has 2 amide bonds. The minimum atomic E-state index is -0.139. The van der Waals surface area contributed by atoms with E-state index in [0.29, 0.717) is 30.4 Å². The van der Waals surface area contributed by atoms with E-state index in [1.165, 1.54) is 0 Å². The van der Waals surface area contributed by atoms with E-state index in [1.807, 2.05) is 47.7 Å². The van der Waals surface area contributed by atoms with Gasteiger partial charge < -0.3 is 20.3 Å². The third-order valence-corrected chi connectivity index (χ3v) is 8.26. The number of hydrogen-bond acceptors (Lipinski definition) is 8. The second-order valence-electron chi connectivity index (χ2n) is 10.2. The molecule has 1 aliphatic heterocycles. The number of likely N-dealkylation sites (tertiary alicyclic amines) is 1. The Morgan fingerprint density at radius 3 is 2.59 bits per heavy atom. The van der Waals surface area contributed by atoms with Crippen LogP contribution in [0, 0.1) is 5.92 Å². The molecule has 202 valence electrons. The van der Waals surface area contributed by atoms with Gasteiger partial charge >= 0.3 is 0 Å². The van der Waals surface area contributed by atoms with Gasteiger partial charge in [-0.2, -0.15) is 5.10 Å². The molecule has 1 saturated carbocycles. The van der Waals surface area contributed by atoms with Crippen LogP contribution in [0.25, 0.3) is 16.2 Å². The summed E-state index contributed by atoms with van der Waals surface area (Å²) in [6, 6.07) is 9.62. The molecule has 0 bridgehead atoms. The van der Waals surface area contributed by atoms with E-state index in [-0.39, 0.29) is 29.8 Å². The van der Waals surface area contributed by atoms with Gasteiger partial charge in [-0.05, 0) is 50.3 Å². The average molecular weight is 546 g/mol. The Hall–Kier alpha value is -3.99. The Labute approximate surface area is 230 Å². The first-order valence-electron chi connectivity index (χ1n) is 13.3. The molecule has 2 N–H and O–H groups in total. The lowest BCUT2D eigenvalue weighted by Gasteiger charge is -2.32. The largest absolute Gasteiger partial charge is 0.497 e. The Morgan fingerprint density at radius 1 is 1.10 bits per heavy atom. The van der Waals surface area contributed by atoms with Crippen LogP contribution in [0.4, 0.5) is 5.82 Å². The molecule has 1 aromatic carbocycles.